The van der Waals surface area contributed by atoms with Crippen LogP contribution in [0, 0.1) is 16.0 Å². The van der Waals surface area contributed by atoms with Crippen LogP contribution in [0.1, 0.15) is 36.0 Å². The van der Waals surface area contributed by atoms with Gasteiger partial charge in [-0.2, -0.15) is 0 Å². The van der Waals surface area contributed by atoms with E-state index >= 15 is 0 Å². The number of rotatable bonds is 6. The number of hydrogen-bond donors (Lipinski definition) is 3. The van der Waals surface area contributed by atoms with Crippen LogP contribution in [0.25, 0.3) is 0 Å². The molecule has 0 bridgehead atoms. The van der Waals surface area contributed by atoms with Crippen molar-refractivity contribution in [2.24, 2.45) is 5.92 Å². The summed E-state index contributed by atoms with van der Waals surface area (Å²) in [5, 5.41) is 25.6. The topological polar surface area (TPSA) is 122 Å². The number of nitro benzene ring substituents is 1. The fraction of sp³-hybridized carbons (Fsp3) is 0.500. The Hall–Kier alpha value is -2.19. The normalized spacial score (nSPS) is 19.9. The van der Waals surface area contributed by atoms with Crippen LogP contribution in [0.2, 0.25) is 5.02 Å². The first-order chi connectivity index (χ1) is 11.9. The number of aliphatic hydroxyl groups excluding tert-OH is 1. The minimum absolute atomic E-state index is 0.0525. The molecule has 2 rings (SSSR count). The van der Waals surface area contributed by atoms with E-state index in [1.54, 1.807) is 0 Å². The molecule has 8 nitrogen and oxygen atoms in total. The zero-order chi connectivity index (χ0) is 18.4. The molecule has 3 N–H and O–H groups in total. The minimum atomic E-state index is -0.777. The molecule has 0 saturated heterocycles. The van der Waals surface area contributed by atoms with Gasteiger partial charge >= 0.3 is 0 Å². The van der Waals surface area contributed by atoms with Crippen molar-refractivity contribution < 1.29 is 19.6 Å². The second-order valence-electron chi connectivity index (χ2n) is 6.06. The van der Waals surface area contributed by atoms with Crippen molar-refractivity contribution >= 4 is 29.1 Å². The monoisotopic (exact) mass is 369 g/mol. The Balaban J connectivity index is 1.85. The van der Waals surface area contributed by atoms with Crippen LogP contribution in [0.4, 0.5) is 5.69 Å². The van der Waals surface area contributed by atoms with E-state index in [-0.39, 0.29) is 29.2 Å². The number of hydrogen-bond acceptors (Lipinski definition) is 5. The average molecular weight is 370 g/mol. The highest BCUT2D eigenvalue weighted by Crippen LogP contribution is 2.26. The van der Waals surface area contributed by atoms with Crippen LogP contribution in [-0.4, -0.2) is 41.0 Å². The summed E-state index contributed by atoms with van der Waals surface area (Å²) < 4.78 is 0. The lowest BCUT2D eigenvalue weighted by Crippen LogP contribution is -2.40. The molecule has 0 aliphatic heterocycles. The number of nitrogens with zero attached hydrogens (tertiary/aromatic N) is 1. The number of nitro groups is 1. The maximum atomic E-state index is 12.1. The van der Waals surface area contributed by atoms with E-state index < -0.39 is 22.4 Å². The first-order valence-electron chi connectivity index (χ1n) is 8.04. The molecule has 0 spiro atoms. The van der Waals surface area contributed by atoms with Crippen molar-refractivity contribution in [3.05, 3.63) is 38.9 Å². The molecule has 1 aromatic carbocycles. The number of amides is 2. The standard InChI is InChI=1S/C16H20ClN3O5/c17-12-5-2-6-13(20(24)25)15(12)16(23)19-9-14(22)18-8-10-3-1-4-11(21)7-10/h2,5-6,10-11,21H,1,3-4,7-9H2,(H,18,22)(H,19,23)/t10-,11+/m1/s1. The zero-order valence-electron chi connectivity index (χ0n) is 13.5. The van der Waals surface area contributed by atoms with Gasteiger partial charge in [0.15, 0.2) is 0 Å². The van der Waals surface area contributed by atoms with Crippen LogP contribution in [-0.2, 0) is 4.79 Å². The predicted molar refractivity (Wildman–Crippen MR) is 91.4 cm³/mol. The third-order valence-corrected chi connectivity index (χ3v) is 4.48. The van der Waals surface area contributed by atoms with Gasteiger partial charge in [-0.15, -0.1) is 0 Å². The smallest absolute Gasteiger partial charge is 0.283 e. The van der Waals surface area contributed by atoms with Gasteiger partial charge in [-0.3, -0.25) is 19.7 Å². The Morgan fingerprint density at radius 2 is 2.08 bits per heavy atom. The molecule has 2 atom stereocenters. The van der Waals surface area contributed by atoms with E-state index in [9.17, 15) is 24.8 Å². The number of nitrogens with one attached hydrogen (secondary N) is 2. The summed E-state index contributed by atoms with van der Waals surface area (Å²) in [6.07, 6.45) is 2.98. The van der Waals surface area contributed by atoms with Crippen molar-refractivity contribution in [1.82, 2.24) is 10.6 Å². The van der Waals surface area contributed by atoms with E-state index in [1.165, 1.54) is 18.2 Å². The summed E-state index contributed by atoms with van der Waals surface area (Å²) in [7, 11) is 0. The fourth-order valence-corrected chi connectivity index (χ4v) is 3.16. The molecular formula is C16H20ClN3O5. The van der Waals surface area contributed by atoms with Gasteiger partial charge in [-0.05, 0) is 31.2 Å². The molecule has 0 aromatic heterocycles. The first-order valence-corrected chi connectivity index (χ1v) is 8.42. The molecule has 9 heteroatoms. The van der Waals surface area contributed by atoms with Crippen LogP contribution in [0.5, 0.6) is 0 Å². The summed E-state index contributed by atoms with van der Waals surface area (Å²) >= 11 is 5.87. The molecule has 1 fully saturated rings. The number of benzene rings is 1. The molecule has 1 aliphatic rings. The Kier molecular flexibility index (Phi) is 6.72. The second kappa shape index (κ2) is 8.77. The highest BCUT2D eigenvalue weighted by Gasteiger charge is 2.24. The molecule has 1 saturated carbocycles. The van der Waals surface area contributed by atoms with E-state index in [4.69, 9.17) is 11.6 Å². The molecule has 25 heavy (non-hydrogen) atoms. The number of carbonyl (C=O) groups is 2. The van der Waals surface area contributed by atoms with Gasteiger partial charge in [-0.25, -0.2) is 0 Å². The van der Waals surface area contributed by atoms with E-state index in [2.05, 4.69) is 10.6 Å². The fourth-order valence-electron chi connectivity index (χ4n) is 2.91. The average Bonchev–Trinajstić information content (AvgIpc) is 2.57. The van der Waals surface area contributed by atoms with Gasteiger partial charge in [0.2, 0.25) is 5.91 Å². The third-order valence-electron chi connectivity index (χ3n) is 4.17. The summed E-state index contributed by atoms with van der Waals surface area (Å²) in [6.45, 7) is 0.120. The number of halogens is 1. The zero-order valence-corrected chi connectivity index (χ0v) is 14.3. The molecule has 0 unspecified atom stereocenters. The second-order valence-corrected chi connectivity index (χ2v) is 6.47. The van der Waals surface area contributed by atoms with Crippen molar-refractivity contribution in [3.8, 4) is 0 Å². The first kappa shape index (κ1) is 19.1. The van der Waals surface area contributed by atoms with E-state index in [0.717, 1.165) is 19.3 Å². The van der Waals surface area contributed by atoms with E-state index in [0.29, 0.717) is 13.0 Å². The van der Waals surface area contributed by atoms with Crippen molar-refractivity contribution in [2.75, 3.05) is 13.1 Å². The maximum Gasteiger partial charge on any atom is 0.283 e. The highest BCUT2D eigenvalue weighted by molar-refractivity contribution is 6.34. The molecule has 0 heterocycles. The van der Waals surface area contributed by atoms with Crippen molar-refractivity contribution in [3.63, 3.8) is 0 Å². The van der Waals surface area contributed by atoms with E-state index in [1.807, 2.05) is 0 Å². The van der Waals surface area contributed by atoms with Crippen LogP contribution >= 0.6 is 11.6 Å². The van der Waals surface area contributed by atoms with Crippen LogP contribution in [0.15, 0.2) is 18.2 Å². The lowest BCUT2D eigenvalue weighted by molar-refractivity contribution is -0.385. The van der Waals surface area contributed by atoms with Gasteiger partial charge in [0, 0.05) is 12.6 Å². The largest absolute Gasteiger partial charge is 0.393 e. The van der Waals surface area contributed by atoms with Gasteiger partial charge < -0.3 is 15.7 Å². The third kappa shape index (κ3) is 5.40. The van der Waals surface area contributed by atoms with Crippen molar-refractivity contribution in [1.29, 1.82) is 0 Å². The molecule has 1 aromatic rings. The molecule has 2 amide bonds. The minimum Gasteiger partial charge on any atom is -0.393 e. The lowest BCUT2D eigenvalue weighted by atomic mass is 9.87. The van der Waals surface area contributed by atoms with Crippen molar-refractivity contribution in [2.45, 2.75) is 31.8 Å². The molecule has 136 valence electrons. The molecule has 0 radical (unpaired) electrons. The van der Waals surface area contributed by atoms with Gasteiger partial charge in [0.05, 0.1) is 22.6 Å². The maximum absolute atomic E-state index is 12.1. The van der Waals surface area contributed by atoms with Crippen LogP contribution in [0.3, 0.4) is 0 Å². The highest BCUT2D eigenvalue weighted by atomic mass is 35.5. The molecular weight excluding hydrogens is 350 g/mol. The molecule has 1 aliphatic carbocycles. The van der Waals surface area contributed by atoms with Gasteiger partial charge in [-0.1, -0.05) is 24.1 Å². The van der Waals surface area contributed by atoms with Crippen LogP contribution < -0.4 is 10.6 Å². The Morgan fingerprint density at radius 3 is 2.76 bits per heavy atom. The lowest BCUT2D eigenvalue weighted by Gasteiger charge is -2.25. The summed E-state index contributed by atoms with van der Waals surface area (Å²) in [5.74, 6) is -0.961. The van der Waals surface area contributed by atoms with Gasteiger partial charge in [0.1, 0.15) is 5.56 Å². The summed E-state index contributed by atoms with van der Waals surface area (Å²) in [6, 6.07) is 3.93. The summed E-state index contributed by atoms with van der Waals surface area (Å²) in [5.41, 5.74) is -0.682. The Labute approximate surface area is 149 Å². The number of aliphatic hydroxyl groups is 1. The number of carbonyl (C=O) groups excluding carboxylic acids is 2. The Bertz CT molecular complexity index is 667. The Morgan fingerprint density at radius 1 is 1.32 bits per heavy atom. The summed E-state index contributed by atoms with van der Waals surface area (Å²) in [4.78, 5) is 34.3. The predicted octanol–water partition coefficient (Wildman–Crippen LogP) is 1.65. The van der Waals surface area contributed by atoms with Gasteiger partial charge in [0.25, 0.3) is 11.6 Å². The SMILES string of the molecule is O=C(CNC(=O)c1c(Cl)cccc1[N+](=O)[O-])NC[C@@H]1CCC[C@H](O)C1. The quantitative estimate of drug-likeness (QED) is 0.520.